The third kappa shape index (κ3) is 11.7. The fourth-order valence-corrected chi connectivity index (χ4v) is 19.8. The van der Waals surface area contributed by atoms with Crippen molar-refractivity contribution in [3.05, 3.63) is 469 Å². The van der Waals surface area contributed by atoms with Crippen molar-refractivity contribution in [3.8, 4) is 124 Å². The molecule has 0 fully saturated rings. The zero-order chi connectivity index (χ0) is 88.5. The van der Waals surface area contributed by atoms with Gasteiger partial charge in [0, 0.05) is 73.7 Å². The predicted molar refractivity (Wildman–Crippen MR) is 489 cm³/mol. The Bertz CT molecular complexity index is 8060. The molecule has 0 saturated heterocycles. The minimum Gasteiger partial charge on any atom is -0.208 e. The zero-order valence-corrected chi connectivity index (χ0v) is 64.6. The van der Waals surface area contributed by atoms with Gasteiger partial charge in [0.05, 0.1) is 27.3 Å². The molecule has 8 heteroatoms. The molecule has 118 heavy (non-hydrogen) atoms. The summed E-state index contributed by atoms with van der Waals surface area (Å²) in [5, 5.41) is 2.89. The Morgan fingerprint density at radius 1 is 0.203 bits per heavy atom. The van der Waals surface area contributed by atoms with E-state index in [-0.39, 0.29) is 85.5 Å². The topological polar surface area (TPSA) is 77.3 Å². The Balaban J connectivity index is 0.000000154. The monoisotopic (exact) mass is 1550 g/mol. The first-order valence-corrected chi connectivity index (χ1v) is 40.6. The second kappa shape index (κ2) is 29.2. The van der Waals surface area contributed by atoms with E-state index in [4.69, 9.17) is 45.0 Å². The van der Waals surface area contributed by atoms with Gasteiger partial charge in [-0.3, -0.25) is 0 Å². The van der Waals surface area contributed by atoms with Gasteiger partial charge in [0.2, 0.25) is 0 Å². The molecule has 0 N–H and O–H groups in total. The molecule has 0 amide bonds. The van der Waals surface area contributed by atoms with Crippen molar-refractivity contribution in [2.45, 2.75) is 10.8 Å². The number of hydrogen-bond donors (Lipinski definition) is 0. The summed E-state index contributed by atoms with van der Waals surface area (Å²) in [6, 6.07) is 117. The largest absolute Gasteiger partial charge is 0.208 e. The zero-order valence-electron chi connectivity index (χ0n) is 75.0. The number of benzene rings is 17. The van der Waals surface area contributed by atoms with Gasteiger partial charge in [-0.15, -0.1) is 22.7 Å². The average Bonchev–Trinajstić information content (AvgIpc) is 1.53. The molecular formula is C110H70N6S2. The van der Waals surface area contributed by atoms with Gasteiger partial charge in [-0.05, 0) is 124 Å². The van der Waals surface area contributed by atoms with Gasteiger partial charge in [-0.1, -0.05) is 400 Å². The third-order valence-electron chi connectivity index (χ3n) is 22.9. The Kier molecular flexibility index (Phi) is 14.4. The molecule has 4 aromatic heterocycles. The van der Waals surface area contributed by atoms with Gasteiger partial charge in [-0.2, -0.15) is 0 Å². The maximum Gasteiger partial charge on any atom is 0.164 e. The molecule has 2 aliphatic rings. The van der Waals surface area contributed by atoms with Crippen LogP contribution in [0.2, 0.25) is 0 Å². The van der Waals surface area contributed by atoms with Crippen molar-refractivity contribution in [2.75, 3.05) is 0 Å². The van der Waals surface area contributed by atoms with E-state index in [0.717, 1.165) is 111 Å². The lowest BCUT2D eigenvalue weighted by atomic mass is 9.67. The van der Waals surface area contributed by atoms with Crippen LogP contribution >= 0.6 is 22.7 Å². The highest BCUT2D eigenvalue weighted by Gasteiger charge is 2.49. The van der Waals surface area contributed by atoms with Crippen molar-refractivity contribution in [2.24, 2.45) is 0 Å². The van der Waals surface area contributed by atoms with Crippen LogP contribution in [-0.4, -0.2) is 29.9 Å². The fourth-order valence-electron chi connectivity index (χ4n) is 17.7. The molecule has 0 saturated carbocycles. The summed E-state index contributed by atoms with van der Waals surface area (Å²) in [5.41, 5.74) is 20.5. The molecule has 0 atom stereocenters. The third-order valence-corrected chi connectivity index (χ3v) is 25.1. The van der Waals surface area contributed by atoms with Gasteiger partial charge in [0.15, 0.2) is 34.9 Å². The van der Waals surface area contributed by atoms with E-state index in [1.54, 1.807) is 23.5 Å². The Labute approximate surface area is 708 Å². The van der Waals surface area contributed by atoms with Crippen LogP contribution < -0.4 is 0 Å². The fraction of sp³-hybridized carbons (Fsp3) is 0.0182. The van der Waals surface area contributed by atoms with E-state index < -0.39 is 35.0 Å². The molecule has 0 unspecified atom stereocenters. The second-order valence-corrected chi connectivity index (χ2v) is 31.3. The first kappa shape index (κ1) is 58.1. The van der Waals surface area contributed by atoms with Crippen molar-refractivity contribution >= 4 is 63.0 Å². The van der Waals surface area contributed by atoms with E-state index in [1.165, 1.54) is 25.7 Å². The molecule has 0 bridgehead atoms. The van der Waals surface area contributed by atoms with Crippen LogP contribution in [0.15, 0.2) is 424 Å². The molecule has 6 nitrogen and oxygen atoms in total. The molecule has 17 aromatic carbocycles. The normalized spacial score (nSPS) is 14.1. The SMILES string of the molecule is [2H]c1c([2H])c([2H])c(-c2nc(-c3ccc(-c4cccc5c4sc4ccccc45)cc3)nc(-c3cccc4c3-c3ccccc3C4(c3ccccc3)c3ccccc3)n2)c([2H])c1[2H].[2H]c1c([2H])c([2H])c2c(sc3c([2H])c([2H])c(-c4ccc(-c5nc(-c6ccc(-c7ccccc7)cc6)nc(-c6cccc7c6-c6ccccc6C7(c6ccccc6)c6ccccc6)n5)cc4)c([2H])c32)c1[2H]. The Hall–Kier alpha value is -14.8. The van der Waals surface area contributed by atoms with Gasteiger partial charge in [-0.25, -0.2) is 29.9 Å². The second-order valence-electron chi connectivity index (χ2n) is 29.3. The average molecular weight is 1550 g/mol. The van der Waals surface area contributed by atoms with Crippen molar-refractivity contribution < 1.29 is 16.4 Å². The first-order valence-electron chi connectivity index (χ1n) is 45.0. The minimum absolute atomic E-state index is 0.00242. The van der Waals surface area contributed by atoms with E-state index in [9.17, 15) is 1.37 Å². The van der Waals surface area contributed by atoms with Crippen molar-refractivity contribution in [1.82, 2.24) is 29.9 Å². The molecule has 4 heterocycles. The lowest BCUT2D eigenvalue weighted by Gasteiger charge is -2.33. The van der Waals surface area contributed by atoms with Crippen molar-refractivity contribution in [3.63, 3.8) is 0 Å². The summed E-state index contributed by atoms with van der Waals surface area (Å²) < 4.78 is 108. The van der Waals surface area contributed by atoms with Gasteiger partial charge < -0.3 is 0 Å². The summed E-state index contributed by atoms with van der Waals surface area (Å²) in [5.74, 6) is 2.05. The Morgan fingerprint density at radius 3 is 1.09 bits per heavy atom. The number of hydrogen-bond acceptors (Lipinski definition) is 8. The molecule has 552 valence electrons. The molecule has 0 radical (unpaired) electrons. The number of aromatic nitrogens is 6. The van der Waals surface area contributed by atoms with Crippen molar-refractivity contribution in [1.29, 1.82) is 0 Å². The van der Waals surface area contributed by atoms with E-state index in [1.807, 2.05) is 97.1 Å². The lowest BCUT2D eigenvalue weighted by Crippen LogP contribution is -2.28. The number of nitrogens with zero attached hydrogens (tertiary/aromatic N) is 6. The summed E-state index contributed by atoms with van der Waals surface area (Å²) >= 11 is 2.80. The van der Waals surface area contributed by atoms with E-state index in [0.29, 0.717) is 45.8 Å². The molecule has 0 spiro atoms. The molecule has 0 aliphatic heterocycles. The quantitative estimate of drug-likeness (QED) is 0.114. The van der Waals surface area contributed by atoms with Gasteiger partial charge in [0.25, 0.3) is 0 Å². The maximum absolute atomic E-state index is 9.41. The van der Waals surface area contributed by atoms with Crippen LogP contribution in [0.5, 0.6) is 0 Å². The summed E-state index contributed by atoms with van der Waals surface area (Å²) in [7, 11) is 0. The molecular weight excluding hydrogens is 1470 g/mol. The van der Waals surface area contributed by atoms with Crippen LogP contribution in [-0.2, 0) is 10.8 Å². The number of rotatable bonds is 13. The Morgan fingerprint density at radius 2 is 0.568 bits per heavy atom. The highest BCUT2D eigenvalue weighted by molar-refractivity contribution is 7.26. The highest BCUT2D eigenvalue weighted by atomic mass is 32.1. The summed E-state index contributed by atoms with van der Waals surface area (Å²) in [6.45, 7) is 0. The first-order chi connectivity index (χ1) is 63.5. The standard InChI is InChI=1S/C58H37N3S.C52H33N3S/c1-4-15-38(16-5-1)39-27-31-41(32-28-39)55-59-56(42-33-29-40(30-34-42)43-35-36-53-49(37-43)46-21-11-13-26-52(46)62-53)61-57(60-55)48-23-14-25-51-54(48)47-22-10-12-24-50(47)58(51,44-17-6-2-7-18-44)45-19-8-3-9-20-45;1-4-16-35(17-5-1)49-53-50(36-32-30-34(31-33-36)39-24-14-25-41-40-22-11-13-29-46(40)56-48(39)41)55-51(54-49)43-26-15-28-45-47(43)42-23-10-12-27-44(42)52(45,37-18-6-2-7-19-37)38-20-8-3-9-21-38/h1-37H;1-33H/i11D,13D,21D,26D,35D,36D,37D;1D,4D,5D,16D,17D. The smallest absolute Gasteiger partial charge is 0.164 e. The van der Waals surface area contributed by atoms with Gasteiger partial charge in [0.1, 0.15) is 0 Å². The molecule has 2 aliphatic carbocycles. The predicted octanol–water partition coefficient (Wildman–Crippen LogP) is 28.2. The minimum atomic E-state index is -0.664. The molecule has 21 aromatic rings. The van der Waals surface area contributed by atoms with E-state index >= 15 is 0 Å². The van der Waals surface area contributed by atoms with Crippen LogP contribution in [0.1, 0.15) is 61.0 Å². The van der Waals surface area contributed by atoms with Crippen LogP contribution in [0.4, 0.5) is 0 Å². The highest BCUT2D eigenvalue weighted by Crippen LogP contribution is 2.60. The molecule has 23 rings (SSSR count). The van der Waals surface area contributed by atoms with Crippen LogP contribution in [0.25, 0.3) is 164 Å². The number of fused-ring (bicyclic) bond motifs is 12. The summed E-state index contributed by atoms with van der Waals surface area (Å²) in [4.78, 5) is 30.7. The maximum atomic E-state index is 9.41. The van der Waals surface area contributed by atoms with Crippen LogP contribution in [0.3, 0.4) is 0 Å². The number of thiophene rings is 2. The summed E-state index contributed by atoms with van der Waals surface area (Å²) in [6.07, 6.45) is 0. The van der Waals surface area contributed by atoms with Crippen LogP contribution in [0, 0.1) is 0 Å². The lowest BCUT2D eigenvalue weighted by molar-refractivity contribution is 0.768. The van der Waals surface area contributed by atoms with Gasteiger partial charge >= 0.3 is 0 Å². The van der Waals surface area contributed by atoms with E-state index in [2.05, 4.69) is 243 Å².